The van der Waals surface area contributed by atoms with Crippen molar-refractivity contribution in [3.8, 4) is 0 Å². The zero-order valence-corrected chi connectivity index (χ0v) is 31.8. The Morgan fingerprint density at radius 3 is 2.59 bits per heavy atom. The van der Waals surface area contributed by atoms with Crippen LogP contribution in [0.3, 0.4) is 0 Å². The third kappa shape index (κ3) is 12.1. The summed E-state index contributed by atoms with van der Waals surface area (Å²) in [7, 11) is -2.86. The van der Waals surface area contributed by atoms with E-state index in [1.165, 1.54) is 36.6 Å². The lowest BCUT2D eigenvalue weighted by molar-refractivity contribution is -0.143. The van der Waals surface area contributed by atoms with E-state index in [1.54, 1.807) is 24.4 Å². The molecule has 1 aliphatic rings. The Balaban J connectivity index is 1.32. The summed E-state index contributed by atoms with van der Waals surface area (Å²) in [5.41, 5.74) is 6.47. The molecule has 3 heterocycles. The van der Waals surface area contributed by atoms with Crippen LogP contribution >= 0.6 is 22.7 Å². The molecule has 2 amide bonds. The molecule has 0 unspecified atom stereocenters. The molecule has 1 aliphatic heterocycles. The molecule has 278 valence electrons. The van der Waals surface area contributed by atoms with Gasteiger partial charge in [0.1, 0.15) is 16.5 Å². The predicted octanol–water partition coefficient (Wildman–Crippen LogP) is 4.54. The largest absolute Gasteiger partial charge is 0.467 e. The highest BCUT2D eigenvalue weighted by Crippen LogP contribution is 2.28. The molecule has 3 aromatic rings. The number of carbonyl (C=O) groups is 3. The van der Waals surface area contributed by atoms with Crippen LogP contribution in [0.25, 0.3) is 0 Å². The highest BCUT2D eigenvalue weighted by atomic mass is 32.2. The maximum Gasteiger partial charge on any atom is 0.407 e. The summed E-state index contributed by atoms with van der Waals surface area (Å²) in [5.74, 6) is -0.821. The van der Waals surface area contributed by atoms with Crippen LogP contribution in [0.1, 0.15) is 68.7 Å². The second kappa shape index (κ2) is 17.7. The second-order valence-electron chi connectivity index (χ2n) is 12.9. The Morgan fingerprint density at radius 1 is 1.16 bits per heavy atom. The molecule has 2 aromatic heterocycles. The third-order valence-electron chi connectivity index (χ3n) is 7.56. The highest BCUT2D eigenvalue weighted by molar-refractivity contribution is 7.92. The zero-order valence-electron chi connectivity index (χ0n) is 29.4. The average Bonchev–Trinajstić information content (AvgIpc) is 3.74. The fourth-order valence-electron chi connectivity index (χ4n) is 5.11. The predicted molar refractivity (Wildman–Crippen MR) is 200 cm³/mol. The lowest BCUT2D eigenvalue weighted by atomic mass is 10.1. The molecule has 6 N–H and O–H groups in total. The number of rotatable bonds is 15. The van der Waals surface area contributed by atoms with E-state index in [0.29, 0.717) is 31.0 Å². The van der Waals surface area contributed by atoms with E-state index in [4.69, 9.17) is 20.2 Å². The number of hydrogen-bond donors (Lipinski definition) is 5. The van der Waals surface area contributed by atoms with Crippen molar-refractivity contribution in [2.45, 2.75) is 82.5 Å². The van der Waals surface area contributed by atoms with Gasteiger partial charge in [0, 0.05) is 36.7 Å². The SMILES string of the molecule is COC(=O)[C@H](CCCN=C(C)N)NC(=O)c1sccc1NS(=O)(=O)c1cccc(NCc2csc(N3CCC(NC(=O)OC(C)(C)C)CC3)n2)c1. The van der Waals surface area contributed by atoms with Gasteiger partial charge in [-0.05, 0) is 83.0 Å². The van der Waals surface area contributed by atoms with E-state index < -0.39 is 39.6 Å². The lowest BCUT2D eigenvalue weighted by Crippen LogP contribution is -2.46. The van der Waals surface area contributed by atoms with Crippen molar-refractivity contribution in [2.24, 2.45) is 10.7 Å². The quantitative estimate of drug-likeness (QED) is 0.0629. The van der Waals surface area contributed by atoms with Crippen molar-refractivity contribution in [3.63, 3.8) is 0 Å². The summed E-state index contributed by atoms with van der Waals surface area (Å²) in [6.07, 6.45) is 1.88. The Morgan fingerprint density at radius 2 is 1.90 bits per heavy atom. The van der Waals surface area contributed by atoms with Gasteiger partial charge in [0.2, 0.25) is 0 Å². The first-order chi connectivity index (χ1) is 24.1. The molecule has 51 heavy (non-hydrogen) atoms. The molecule has 0 saturated carbocycles. The molecule has 1 aromatic carbocycles. The molecule has 0 aliphatic carbocycles. The molecule has 4 rings (SSSR count). The molecule has 0 bridgehead atoms. The molecule has 0 radical (unpaired) electrons. The standard InChI is InChI=1S/C33H46N8O7S3/c1-21(34)35-14-7-10-27(30(43)47-5)39-29(42)28-26(13-17-49-28)40-51(45,46)25-9-6-8-23(18-25)36-19-24-20-50-31(37-24)41-15-11-22(12-16-41)38-32(44)48-33(2,3)4/h6,8-9,13,17-18,20,22,27,36,40H,7,10-12,14-16,19H2,1-5H3,(H2,34,35)(H,38,44)(H,39,42)/t27-/m0/s1. The molecule has 1 fully saturated rings. The molecular formula is C33H46N8O7S3. The number of aromatic nitrogens is 1. The van der Waals surface area contributed by atoms with Crippen molar-refractivity contribution in [3.05, 3.63) is 51.7 Å². The first-order valence-electron chi connectivity index (χ1n) is 16.4. The van der Waals surface area contributed by atoms with Crippen molar-refractivity contribution in [1.29, 1.82) is 0 Å². The van der Waals surface area contributed by atoms with Crippen LogP contribution in [0.2, 0.25) is 0 Å². The van der Waals surface area contributed by atoms with E-state index in [2.05, 4.69) is 30.6 Å². The maximum absolute atomic E-state index is 13.4. The number of alkyl carbamates (subject to hydrolysis) is 1. The molecule has 18 heteroatoms. The number of amides is 2. The summed E-state index contributed by atoms with van der Waals surface area (Å²) < 4.78 is 39.6. The number of benzene rings is 1. The number of piperidine rings is 1. The fourth-order valence-corrected chi connectivity index (χ4v) is 7.93. The van der Waals surface area contributed by atoms with Gasteiger partial charge in [-0.3, -0.25) is 14.5 Å². The van der Waals surface area contributed by atoms with Gasteiger partial charge in [-0.1, -0.05) is 6.07 Å². The topological polar surface area (TPSA) is 206 Å². The van der Waals surface area contributed by atoms with Crippen molar-refractivity contribution in [2.75, 3.05) is 41.7 Å². The normalized spacial score (nSPS) is 14.8. The number of carbonyl (C=O) groups excluding carboxylic acids is 3. The number of nitrogens with two attached hydrogens (primary N) is 1. The van der Waals surface area contributed by atoms with E-state index in [1.807, 2.05) is 26.2 Å². The van der Waals surface area contributed by atoms with Gasteiger partial charge >= 0.3 is 12.1 Å². The van der Waals surface area contributed by atoms with Crippen LogP contribution in [0.4, 0.5) is 21.3 Å². The van der Waals surface area contributed by atoms with E-state index in [0.717, 1.165) is 48.1 Å². The number of sulfonamides is 1. The van der Waals surface area contributed by atoms with Gasteiger partial charge in [0.25, 0.3) is 15.9 Å². The second-order valence-corrected chi connectivity index (χ2v) is 16.3. The van der Waals surface area contributed by atoms with Crippen LogP contribution < -0.4 is 31.3 Å². The summed E-state index contributed by atoms with van der Waals surface area (Å²) in [4.78, 5) is 48.8. The number of nitrogens with zero attached hydrogens (tertiary/aromatic N) is 3. The van der Waals surface area contributed by atoms with Crippen molar-refractivity contribution < 1.29 is 32.3 Å². The number of thiazole rings is 1. The summed E-state index contributed by atoms with van der Waals surface area (Å²) in [6.45, 7) is 9.42. The van der Waals surface area contributed by atoms with Crippen LogP contribution in [0.15, 0.2) is 51.0 Å². The van der Waals surface area contributed by atoms with Crippen molar-refractivity contribution >= 4 is 73.0 Å². The zero-order chi connectivity index (χ0) is 37.2. The van der Waals surface area contributed by atoms with Crippen LogP contribution in [0.5, 0.6) is 0 Å². The van der Waals surface area contributed by atoms with E-state index in [-0.39, 0.29) is 27.9 Å². The van der Waals surface area contributed by atoms with Gasteiger partial charge in [-0.15, -0.1) is 22.7 Å². The lowest BCUT2D eigenvalue weighted by Gasteiger charge is -2.32. The average molecular weight is 763 g/mol. The van der Waals surface area contributed by atoms with Gasteiger partial charge in [0.15, 0.2) is 5.13 Å². The minimum Gasteiger partial charge on any atom is -0.467 e. The summed E-state index contributed by atoms with van der Waals surface area (Å²) in [6, 6.07) is 6.93. The highest BCUT2D eigenvalue weighted by Gasteiger charge is 2.27. The van der Waals surface area contributed by atoms with Gasteiger partial charge in [-0.2, -0.15) is 0 Å². The van der Waals surface area contributed by atoms with Gasteiger partial charge in [0.05, 0.1) is 35.8 Å². The number of nitrogens with one attached hydrogen (secondary N) is 4. The molecule has 1 saturated heterocycles. The number of anilines is 3. The number of aliphatic imine (C=N–C) groups is 1. The molecule has 1 atom stereocenters. The first-order valence-corrected chi connectivity index (χ1v) is 19.7. The number of methoxy groups -OCH3 is 1. The summed E-state index contributed by atoms with van der Waals surface area (Å²) in [5, 5.41) is 13.3. The number of thiophene rings is 1. The van der Waals surface area contributed by atoms with Crippen LogP contribution in [0, 0.1) is 0 Å². The van der Waals surface area contributed by atoms with Gasteiger partial charge < -0.3 is 36.1 Å². The Labute approximate surface area is 306 Å². The Hall–Kier alpha value is -4.42. The number of esters is 1. The van der Waals surface area contributed by atoms with Gasteiger partial charge in [-0.25, -0.2) is 23.0 Å². The molecular weight excluding hydrogens is 717 g/mol. The number of amidine groups is 1. The third-order valence-corrected chi connectivity index (χ3v) is 10.8. The van der Waals surface area contributed by atoms with Crippen LogP contribution in [-0.2, 0) is 30.8 Å². The Bertz CT molecular complexity index is 1790. The molecule has 15 nitrogen and oxygen atoms in total. The minimum atomic E-state index is -4.09. The smallest absolute Gasteiger partial charge is 0.407 e. The summed E-state index contributed by atoms with van der Waals surface area (Å²) >= 11 is 2.57. The van der Waals surface area contributed by atoms with Crippen LogP contribution in [-0.4, -0.2) is 81.6 Å². The Kier molecular flexibility index (Phi) is 13.6. The molecule has 0 spiro atoms. The van der Waals surface area contributed by atoms with Crippen molar-refractivity contribution in [1.82, 2.24) is 15.6 Å². The first kappa shape index (κ1) is 39.4. The number of hydrogen-bond acceptors (Lipinski definition) is 13. The van der Waals surface area contributed by atoms with E-state index >= 15 is 0 Å². The minimum absolute atomic E-state index is 0.00456. The maximum atomic E-state index is 13.4. The monoisotopic (exact) mass is 762 g/mol. The number of ether oxygens (including phenoxy) is 2. The fraction of sp³-hybridized carbons (Fsp3) is 0.485. The van der Waals surface area contributed by atoms with E-state index in [9.17, 15) is 22.8 Å².